The Balaban J connectivity index is 2.20. The Morgan fingerprint density at radius 2 is 1.59 bits per heavy atom. The van der Waals surface area contributed by atoms with Gasteiger partial charge >= 0.3 is 12.0 Å². The van der Waals surface area contributed by atoms with E-state index in [0.717, 1.165) is 4.31 Å². The molecule has 0 radical (unpaired) electrons. The molecule has 0 aromatic heterocycles. The number of nitrogens with two attached hydrogens (primary N) is 1. The summed E-state index contributed by atoms with van der Waals surface area (Å²) in [6.07, 6.45) is -1.33. The van der Waals surface area contributed by atoms with Crippen molar-refractivity contribution in [2.75, 3.05) is 6.54 Å². The Labute approximate surface area is 168 Å². The first-order valence-corrected chi connectivity index (χ1v) is 10.0. The highest BCUT2D eigenvalue weighted by Crippen LogP contribution is 2.18. The van der Waals surface area contributed by atoms with Gasteiger partial charge in [0.1, 0.15) is 6.54 Å². The van der Waals surface area contributed by atoms with Gasteiger partial charge in [0.25, 0.3) is 5.91 Å². The summed E-state index contributed by atoms with van der Waals surface area (Å²) in [6, 6.07) is 15.3. The molecule has 154 valence electrons. The predicted octanol–water partition coefficient (Wildman–Crippen LogP) is 1.00. The summed E-state index contributed by atoms with van der Waals surface area (Å²) < 4.78 is 31.9. The molecule has 0 saturated heterocycles. The number of ether oxygens (including phenoxy) is 1. The fourth-order valence-corrected chi connectivity index (χ4v) is 3.80. The van der Waals surface area contributed by atoms with Crippen LogP contribution in [0.15, 0.2) is 65.6 Å². The number of carbonyl (C=O) groups is 3. The molecule has 2 rings (SSSR count). The molecule has 10 heteroatoms. The summed E-state index contributed by atoms with van der Waals surface area (Å²) in [5, 5.41) is 1.79. The summed E-state index contributed by atoms with van der Waals surface area (Å²) in [6.45, 7) is 0.540. The van der Waals surface area contributed by atoms with Crippen molar-refractivity contribution in [1.82, 2.24) is 9.62 Å². The minimum atomic E-state index is -4.01. The molecule has 0 spiro atoms. The maximum atomic E-state index is 13.0. The number of amides is 3. The first kappa shape index (κ1) is 22.1. The normalized spacial score (nSPS) is 12.2. The van der Waals surface area contributed by atoms with Crippen LogP contribution in [0.4, 0.5) is 4.79 Å². The highest BCUT2D eigenvalue weighted by molar-refractivity contribution is 7.89. The van der Waals surface area contributed by atoms with Crippen molar-refractivity contribution < 1.29 is 27.5 Å². The Morgan fingerprint density at radius 3 is 2.14 bits per heavy atom. The van der Waals surface area contributed by atoms with Gasteiger partial charge in [-0.3, -0.25) is 14.9 Å². The Kier molecular flexibility index (Phi) is 7.46. The lowest BCUT2D eigenvalue weighted by Gasteiger charge is -2.22. The summed E-state index contributed by atoms with van der Waals surface area (Å²) in [7, 11) is -4.01. The van der Waals surface area contributed by atoms with Gasteiger partial charge in [-0.25, -0.2) is 13.2 Å². The van der Waals surface area contributed by atoms with Crippen LogP contribution in [0.25, 0.3) is 0 Å². The van der Waals surface area contributed by atoms with Crippen molar-refractivity contribution in [3.63, 3.8) is 0 Å². The molecule has 3 N–H and O–H groups in total. The van der Waals surface area contributed by atoms with E-state index in [2.05, 4.69) is 0 Å². The molecule has 2 aromatic rings. The van der Waals surface area contributed by atoms with Crippen LogP contribution in [0.3, 0.4) is 0 Å². The van der Waals surface area contributed by atoms with Gasteiger partial charge in [-0.2, -0.15) is 4.31 Å². The maximum absolute atomic E-state index is 13.0. The topological polar surface area (TPSA) is 136 Å². The number of primary amides is 1. The van der Waals surface area contributed by atoms with Crippen LogP contribution in [-0.2, 0) is 30.9 Å². The van der Waals surface area contributed by atoms with Crippen molar-refractivity contribution in [3.05, 3.63) is 66.2 Å². The third-order valence-corrected chi connectivity index (χ3v) is 5.62. The predicted molar refractivity (Wildman–Crippen MR) is 104 cm³/mol. The quantitative estimate of drug-likeness (QED) is 0.613. The molecule has 1 atom stereocenters. The first-order chi connectivity index (χ1) is 13.7. The van der Waals surface area contributed by atoms with Gasteiger partial charge in [-0.05, 0) is 24.6 Å². The summed E-state index contributed by atoms with van der Waals surface area (Å²) in [4.78, 5) is 34.7. The zero-order chi connectivity index (χ0) is 21.4. The molecule has 0 saturated carbocycles. The number of nitrogens with zero attached hydrogens (tertiary/aromatic N) is 1. The molecule has 0 heterocycles. The number of carbonyl (C=O) groups excluding carboxylic acids is 3. The number of nitrogens with one attached hydrogen (secondary N) is 1. The number of hydrogen-bond donors (Lipinski definition) is 2. The zero-order valence-electron chi connectivity index (χ0n) is 15.6. The van der Waals surface area contributed by atoms with Crippen LogP contribution in [0.2, 0.25) is 0 Å². The average molecular weight is 419 g/mol. The van der Waals surface area contributed by atoms with Gasteiger partial charge in [-0.15, -0.1) is 0 Å². The molecule has 0 unspecified atom stereocenters. The van der Waals surface area contributed by atoms with Gasteiger partial charge in [0.2, 0.25) is 10.0 Å². The largest absolute Gasteiger partial charge is 0.452 e. The lowest BCUT2D eigenvalue weighted by atomic mass is 10.2. The zero-order valence-corrected chi connectivity index (χ0v) is 16.5. The van der Waals surface area contributed by atoms with E-state index in [1.807, 2.05) is 0 Å². The van der Waals surface area contributed by atoms with Gasteiger partial charge in [0, 0.05) is 6.54 Å². The molecule has 2 aromatic carbocycles. The van der Waals surface area contributed by atoms with Crippen molar-refractivity contribution in [2.24, 2.45) is 5.73 Å². The van der Waals surface area contributed by atoms with Crippen LogP contribution < -0.4 is 11.1 Å². The Morgan fingerprint density at radius 1 is 1.03 bits per heavy atom. The van der Waals surface area contributed by atoms with Gasteiger partial charge in [0.15, 0.2) is 6.10 Å². The molecule has 9 nitrogen and oxygen atoms in total. The average Bonchev–Trinajstić information content (AvgIpc) is 2.68. The number of hydrogen-bond acceptors (Lipinski definition) is 6. The number of esters is 1. The number of imide groups is 1. The highest BCUT2D eigenvalue weighted by Gasteiger charge is 2.29. The van der Waals surface area contributed by atoms with Crippen molar-refractivity contribution >= 4 is 27.9 Å². The lowest BCUT2D eigenvalue weighted by Crippen LogP contribution is -2.43. The molecular formula is C19H21N3O6S. The second-order valence-corrected chi connectivity index (χ2v) is 8.00. The Bertz CT molecular complexity index is 964. The molecule has 0 fully saturated rings. The second-order valence-electron chi connectivity index (χ2n) is 6.06. The van der Waals surface area contributed by atoms with Crippen molar-refractivity contribution in [2.45, 2.75) is 24.5 Å². The maximum Gasteiger partial charge on any atom is 0.322 e. The van der Waals surface area contributed by atoms with Gasteiger partial charge in [-0.1, -0.05) is 48.5 Å². The molecule has 3 amide bonds. The van der Waals surface area contributed by atoms with E-state index < -0.39 is 40.6 Å². The summed E-state index contributed by atoms with van der Waals surface area (Å²) >= 11 is 0. The minimum absolute atomic E-state index is 0.0169. The molecule has 0 aliphatic heterocycles. The Hall–Kier alpha value is -3.24. The minimum Gasteiger partial charge on any atom is -0.452 e. The molecule has 0 aliphatic carbocycles. The second kappa shape index (κ2) is 9.80. The fourth-order valence-electron chi connectivity index (χ4n) is 2.41. The summed E-state index contributed by atoms with van der Waals surface area (Å²) in [5.41, 5.74) is 5.52. The number of sulfonamides is 1. The van der Waals surface area contributed by atoms with E-state index in [9.17, 15) is 22.8 Å². The molecule has 29 heavy (non-hydrogen) atoms. The van der Waals surface area contributed by atoms with E-state index >= 15 is 0 Å². The standard InChI is InChI=1S/C19H21N3O6S/c1-14(18(24)21-19(20)25)28-17(23)13-22(12-15-8-4-2-5-9-15)29(26,27)16-10-6-3-7-11-16/h2-11,14H,12-13H2,1H3,(H3,20,21,24,25)/t14-/m0/s1. The van der Waals surface area contributed by atoms with E-state index in [4.69, 9.17) is 10.5 Å². The molecule has 0 bridgehead atoms. The monoisotopic (exact) mass is 419 g/mol. The van der Waals surface area contributed by atoms with Gasteiger partial charge in [0.05, 0.1) is 4.90 Å². The van der Waals surface area contributed by atoms with Crippen LogP contribution in [0, 0.1) is 0 Å². The van der Waals surface area contributed by atoms with E-state index in [1.165, 1.54) is 19.1 Å². The molecular weight excluding hydrogens is 398 g/mol. The number of urea groups is 1. The third kappa shape index (κ3) is 6.40. The third-order valence-electron chi connectivity index (χ3n) is 3.81. The van der Waals surface area contributed by atoms with Crippen molar-refractivity contribution in [1.29, 1.82) is 0 Å². The van der Waals surface area contributed by atoms with Crippen LogP contribution in [0.1, 0.15) is 12.5 Å². The number of rotatable bonds is 8. The van der Waals surface area contributed by atoms with E-state index in [-0.39, 0.29) is 11.4 Å². The van der Waals surface area contributed by atoms with Crippen LogP contribution in [0.5, 0.6) is 0 Å². The smallest absolute Gasteiger partial charge is 0.322 e. The first-order valence-electron chi connectivity index (χ1n) is 8.59. The van der Waals surface area contributed by atoms with E-state index in [1.54, 1.807) is 53.8 Å². The lowest BCUT2D eigenvalue weighted by molar-refractivity contribution is -0.154. The van der Waals surface area contributed by atoms with E-state index in [0.29, 0.717) is 5.56 Å². The van der Waals surface area contributed by atoms with Crippen LogP contribution >= 0.6 is 0 Å². The fraction of sp³-hybridized carbons (Fsp3) is 0.211. The van der Waals surface area contributed by atoms with Crippen LogP contribution in [-0.4, -0.2) is 43.3 Å². The summed E-state index contributed by atoms with van der Waals surface area (Å²) in [5.74, 6) is -1.86. The number of benzene rings is 2. The van der Waals surface area contributed by atoms with Crippen molar-refractivity contribution in [3.8, 4) is 0 Å². The highest BCUT2D eigenvalue weighted by atomic mass is 32.2. The van der Waals surface area contributed by atoms with Gasteiger partial charge < -0.3 is 10.5 Å². The SMILES string of the molecule is C[C@H](OC(=O)CN(Cc1ccccc1)S(=O)(=O)c1ccccc1)C(=O)NC(N)=O. The molecule has 0 aliphatic rings.